The first-order valence-corrected chi connectivity index (χ1v) is 8.83. The standard InChI is InChI=1S/C19H13NO5S/c21-14-16(22)20-13(19(24)26-17(14)20)18(23)25-15(11-7-3-1-4-8-11)12-9-5-2-6-10-12/h1-10,13,15,17H. The third kappa shape index (κ3) is 2.61. The lowest BCUT2D eigenvalue weighted by molar-refractivity contribution is -0.167. The molecule has 0 N–H and O–H groups in total. The van der Waals surface area contributed by atoms with E-state index in [0.29, 0.717) is 11.8 Å². The molecule has 2 saturated heterocycles. The molecule has 2 unspecified atom stereocenters. The van der Waals surface area contributed by atoms with Crippen molar-refractivity contribution in [3.8, 4) is 0 Å². The summed E-state index contributed by atoms with van der Waals surface area (Å²) in [4.78, 5) is 49.1. The summed E-state index contributed by atoms with van der Waals surface area (Å²) in [5, 5.41) is -1.43. The van der Waals surface area contributed by atoms with Gasteiger partial charge in [0, 0.05) is 0 Å². The second kappa shape index (κ2) is 6.42. The summed E-state index contributed by atoms with van der Waals surface area (Å²) < 4.78 is 5.63. The largest absolute Gasteiger partial charge is 0.451 e. The first-order valence-electron chi connectivity index (χ1n) is 7.95. The van der Waals surface area contributed by atoms with Crippen molar-refractivity contribution in [3.05, 3.63) is 71.8 Å². The van der Waals surface area contributed by atoms with Gasteiger partial charge in [-0.1, -0.05) is 72.4 Å². The topological polar surface area (TPSA) is 80.8 Å². The van der Waals surface area contributed by atoms with Gasteiger partial charge >= 0.3 is 5.97 Å². The highest BCUT2D eigenvalue weighted by Gasteiger charge is 2.61. The van der Waals surface area contributed by atoms with Crippen molar-refractivity contribution >= 4 is 34.5 Å². The molecule has 2 aliphatic heterocycles. The van der Waals surface area contributed by atoms with E-state index >= 15 is 0 Å². The van der Waals surface area contributed by atoms with Gasteiger partial charge in [-0.05, 0) is 11.1 Å². The monoisotopic (exact) mass is 367 g/mol. The molecule has 7 heteroatoms. The quantitative estimate of drug-likeness (QED) is 0.354. The molecule has 26 heavy (non-hydrogen) atoms. The maximum atomic E-state index is 12.7. The molecule has 1 amide bonds. The van der Waals surface area contributed by atoms with Crippen molar-refractivity contribution < 1.29 is 23.9 Å². The van der Waals surface area contributed by atoms with Crippen LogP contribution in [0.2, 0.25) is 0 Å². The van der Waals surface area contributed by atoms with Crippen LogP contribution < -0.4 is 0 Å². The third-order valence-electron chi connectivity index (χ3n) is 4.31. The molecule has 0 radical (unpaired) electrons. The highest BCUT2D eigenvalue weighted by molar-refractivity contribution is 8.15. The van der Waals surface area contributed by atoms with E-state index in [1.807, 2.05) is 60.7 Å². The number of rotatable bonds is 4. The van der Waals surface area contributed by atoms with Gasteiger partial charge in [-0.2, -0.15) is 0 Å². The lowest BCUT2D eigenvalue weighted by Gasteiger charge is -2.33. The van der Waals surface area contributed by atoms with Crippen molar-refractivity contribution in [1.82, 2.24) is 4.90 Å². The molecule has 130 valence electrons. The molecule has 4 rings (SSSR count). The van der Waals surface area contributed by atoms with Crippen LogP contribution in [-0.2, 0) is 23.9 Å². The zero-order chi connectivity index (χ0) is 18.3. The molecule has 0 aromatic heterocycles. The zero-order valence-electron chi connectivity index (χ0n) is 13.4. The second-order valence-corrected chi connectivity index (χ2v) is 6.99. The fourth-order valence-electron chi connectivity index (χ4n) is 3.03. The highest BCUT2D eigenvalue weighted by Crippen LogP contribution is 2.39. The summed E-state index contributed by atoms with van der Waals surface area (Å²) in [7, 11) is 0. The second-order valence-electron chi connectivity index (χ2n) is 5.91. The number of Topliss-reactive ketones (excluding diaryl/α,β-unsaturated/α-hetero) is 1. The van der Waals surface area contributed by atoms with Crippen molar-refractivity contribution in [2.24, 2.45) is 0 Å². The number of β-lactam (4-membered cyclic amide) rings is 1. The Kier molecular flexibility index (Phi) is 4.08. The molecule has 0 saturated carbocycles. The Hall–Kier alpha value is -2.93. The predicted molar refractivity (Wildman–Crippen MR) is 92.8 cm³/mol. The number of nitrogens with zero attached hydrogens (tertiary/aromatic N) is 1. The van der Waals surface area contributed by atoms with Crippen LogP contribution in [0.3, 0.4) is 0 Å². The van der Waals surface area contributed by atoms with Crippen LogP contribution in [0.25, 0.3) is 0 Å². The van der Waals surface area contributed by atoms with Gasteiger partial charge in [0.05, 0.1) is 0 Å². The van der Waals surface area contributed by atoms with E-state index in [1.165, 1.54) is 0 Å². The minimum absolute atomic E-state index is 0.543. The summed E-state index contributed by atoms with van der Waals surface area (Å²) in [6, 6.07) is 16.9. The minimum Gasteiger partial charge on any atom is -0.451 e. The predicted octanol–water partition coefficient (Wildman–Crippen LogP) is 1.70. The Morgan fingerprint density at radius 1 is 0.923 bits per heavy atom. The normalized spacial score (nSPS) is 21.6. The lowest BCUT2D eigenvalue weighted by atomic mass is 10.0. The average Bonchev–Trinajstić information content (AvgIpc) is 3.01. The van der Waals surface area contributed by atoms with E-state index in [0.717, 1.165) is 16.0 Å². The lowest BCUT2D eigenvalue weighted by Crippen LogP contribution is -2.62. The Balaban J connectivity index is 1.62. The highest BCUT2D eigenvalue weighted by atomic mass is 32.2. The summed E-state index contributed by atoms with van der Waals surface area (Å²) in [5.74, 6) is -2.30. The van der Waals surface area contributed by atoms with Crippen molar-refractivity contribution in [2.45, 2.75) is 17.5 Å². The molecule has 2 atom stereocenters. The molecule has 2 fully saturated rings. The summed E-state index contributed by atoms with van der Waals surface area (Å²) in [6.07, 6.45) is -0.714. The van der Waals surface area contributed by atoms with Gasteiger partial charge in [0.15, 0.2) is 11.5 Å². The van der Waals surface area contributed by atoms with Gasteiger partial charge in [-0.15, -0.1) is 0 Å². The number of fused-ring (bicyclic) bond motifs is 1. The van der Waals surface area contributed by atoms with Crippen LogP contribution >= 0.6 is 11.8 Å². The van der Waals surface area contributed by atoms with Crippen LogP contribution in [0.4, 0.5) is 0 Å². The summed E-state index contributed by atoms with van der Waals surface area (Å²) in [5.41, 5.74) is 1.49. The number of carbonyl (C=O) groups is 4. The number of esters is 1. The molecule has 2 aromatic carbocycles. The molecule has 2 aliphatic rings. The number of benzene rings is 2. The third-order valence-corrected chi connectivity index (χ3v) is 5.43. The Morgan fingerprint density at radius 2 is 1.46 bits per heavy atom. The number of amides is 1. The number of ether oxygens (including phenoxy) is 1. The average molecular weight is 367 g/mol. The molecule has 0 spiro atoms. The molecule has 6 nitrogen and oxygen atoms in total. The van der Waals surface area contributed by atoms with Crippen LogP contribution in [0.1, 0.15) is 17.2 Å². The number of hydrogen-bond donors (Lipinski definition) is 0. The fraction of sp³-hybridized carbons (Fsp3) is 0.158. The van der Waals surface area contributed by atoms with Crippen molar-refractivity contribution in [1.29, 1.82) is 0 Å². The SMILES string of the molecule is O=C1C(=O)N2C1SC(=O)C2C(=O)OC(c1ccccc1)c1ccccc1. The number of ketones is 1. The van der Waals surface area contributed by atoms with E-state index in [-0.39, 0.29) is 0 Å². The van der Waals surface area contributed by atoms with Crippen LogP contribution in [0, 0.1) is 0 Å². The van der Waals surface area contributed by atoms with E-state index < -0.39 is 40.3 Å². The van der Waals surface area contributed by atoms with E-state index in [1.54, 1.807) is 0 Å². The minimum atomic E-state index is -1.37. The Morgan fingerprint density at radius 3 is 2.00 bits per heavy atom. The van der Waals surface area contributed by atoms with Crippen molar-refractivity contribution in [3.63, 3.8) is 0 Å². The number of carbonyl (C=O) groups excluding carboxylic acids is 4. The van der Waals surface area contributed by atoms with Gasteiger partial charge in [0.1, 0.15) is 0 Å². The van der Waals surface area contributed by atoms with Gasteiger partial charge < -0.3 is 4.74 Å². The van der Waals surface area contributed by atoms with Gasteiger partial charge in [-0.3, -0.25) is 19.3 Å². The molecule has 0 aliphatic carbocycles. The maximum Gasteiger partial charge on any atom is 0.338 e. The zero-order valence-corrected chi connectivity index (χ0v) is 14.2. The smallest absolute Gasteiger partial charge is 0.338 e. The molecular weight excluding hydrogens is 354 g/mol. The van der Waals surface area contributed by atoms with Crippen LogP contribution in [-0.4, -0.2) is 39.1 Å². The fourth-order valence-corrected chi connectivity index (χ4v) is 4.12. The van der Waals surface area contributed by atoms with Gasteiger partial charge in [0.2, 0.25) is 11.2 Å². The molecular formula is C19H13NO5S. The first kappa shape index (κ1) is 16.5. The first-order chi connectivity index (χ1) is 12.6. The summed E-state index contributed by atoms with van der Waals surface area (Å²) >= 11 is 0.698. The number of hydrogen-bond acceptors (Lipinski definition) is 6. The van der Waals surface area contributed by atoms with Gasteiger partial charge in [0.25, 0.3) is 11.7 Å². The molecule has 2 aromatic rings. The van der Waals surface area contributed by atoms with E-state index in [9.17, 15) is 19.2 Å². The molecule has 2 heterocycles. The van der Waals surface area contributed by atoms with Crippen LogP contribution in [0.5, 0.6) is 0 Å². The summed E-state index contributed by atoms with van der Waals surface area (Å²) in [6.45, 7) is 0. The van der Waals surface area contributed by atoms with Crippen molar-refractivity contribution in [2.75, 3.05) is 0 Å². The Labute approximate surface area is 153 Å². The maximum absolute atomic E-state index is 12.7. The molecule has 0 bridgehead atoms. The number of thioether (sulfide) groups is 1. The van der Waals surface area contributed by atoms with Crippen LogP contribution in [0.15, 0.2) is 60.7 Å². The van der Waals surface area contributed by atoms with E-state index in [2.05, 4.69) is 0 Å². The van der Waals surface area contributed by atoms with Gasteiger partial charge in [-0.25, -0.2) is 4.79 Å². The van der Waals surface area contributed by atoms with E-state index in [4.69, 9.17) is 4.74 Å². The Bertz CT molecular complexity index is 859.